The summed E-state index contributed by atoms with van der Waals surface area (Å²) in [6.45, 7) is 0. The van der Waals surface area contributed by atoms with Gasteiger partial charge in [0.25, 0.3) is 0 Å². The first-order chi connectivity index (χ1) is 7.27. The molecule has 0 radical (unpaired) electrons. The Morgan fingerprint density at radius 3 is 2.73 bits per heavy atom. The number of hydrogen-bond acceptors (Lipinski definition) is 2. The van der Waals surface area contributed by atoms with Gasteiger partial charge < -0.3 is 9.97 Å². The molecule has 0 saturated heterocycles. The van der Waals surface area contributed by atoms with Gasteiger partial charge in [0.15, 0.2) is 0 Å². The van der Waals surface area contributed by atoms with Crippen LogP contribution < -0.4 is 11.4 Å². The zero-order chi connectivity index (χ0) is 10.4. The number of fused-ring (bicyclic) bond motifs is 3. The SMILES string of the molecule is O=c1[nH]cc2c3ccccc3[nH]c(=O)n12. The van der Waals surface area contributed by atoms with E-state index >= 15 is 0 Å². The van der Waals surface area contributed by atoms with Crippen molar-refractivity contribution in [1.29, 1.82) is 0 Å². The molecule has 0 aliphatic carbocycles. The van der Waals surface area contributed by atoms with Gasteiger partial charge >= 0.3 is 11.4 Å². The number of rotatable bonds is 0. The second-order valence-corrected chi connectivity index (χ2v) is 3.29. The van der Waals surface area contributed by atoms with Gasteiger partial charge in [0.1, 0.15) is 0 Å². The number of benzene rings is 1. The zero-order valence-corrected chi connectivity index (χ0v) is 7.65. The van der Waals surface area contributed by atoms with E-state index in [1.807, 2.05) is 18.2 Å². The Balaban J connectivity index is 2.78. The maximum Gasteiger partial charge on any atom is 0.334 e. The first-order valence-electron chi connectivity index (χ1n) is 4.48. The van der Waals surface area contributed by atoms with Crippen LogP contribution in [0.15, 0.2) is 40.1 Å². The largest absolute Gasteiger partial charge is 0.334 e. The Bertz CT molecular complexity index is 763. The number of para-hydroxylation sites is 1. The van der Waals surface area contributed by atoms with Crippen molar-refractivity contribution in [3.8, 4) is 0 Å². The van der Waals surface area contributed by atoms with E-state index in [2.05, 4.69) is 9.97 Å². The van der Waals surface area contributed by atoms with E-state index in [0.29, 0.717) is 5.52 Å². The lowest BCUT2D eigenvalue weighted by molar-refractivity contribution is 0.967. The number of nitrogens with zero attached hydrogens (tertiary/aromatic N) is 1. The fraction of sp³-hybridized carbons (Fsp3) is 0. The molecule has 3 rings (SSSR count). The average molecular weight is 201 g/mol. The normalized spacial score (nSPS) is 11.2. The lowest BCUT2D eigenvalue weighted by Gasteiger charge is -1.98. The fourth-order valence-corrected chi connectivity index (χ4v) is 1.76. The van der Waals surface area contributed by atoms with Crippen molar-refractivity contribution in [3.63, 3.8) is 0 Å². The number of hydrogen-bond donors (Lipinski definition) is 2. The third-order valence-electron chi connectivity index (χ3n) is 2.42. The van der Waals surface area contributed by atoms with Crippen molar-refractivity contribution in [2.45, 2.75) is 0 Å². The smallest absolute Gasteiger partial charge is 0.312 e. The molecule has 0 saturated carbocycles. The van der Waals surface area contributed by atoms with E-state index in [9.17, 15) is 9.59 Å². The van der Waals surface area contributed by atoms with Crippen LogP contribution in [-0.2, 0) is 0 Å². The third-order valence-corrected chi connectivity index (χ3v) is 2.42. The summed E-state index contributed by atoms with van der Waals surface area (Å²) in [5.41, 5.74) is 0.479. The average Bonchev–Trinajstić information content (AvgIpc) is 2.62. The minimum atomic E-state index is -0.421. The molecule has 0 unspecified atom stereocenters. The third kappa shape index (κ3) is 0.969. The molecule has 0 aliphatic rings. The number of aromatic amines is 2. The maximum atomic E-state index is 11.6. The topological polar surface area (TPSA) is 70.1 Å². The predicted octanol–water partition coefficient (Wildman–Crippen LogP) is 0.469. The van der Waals surface area contributed by atoms with Crippen LogP contribution in [0.2, 0.25) is 0 Å². The highest BCUT2D eigenvalue weighted by atomic mass is 16.2. The molecule has 5 nitrogen and oxygen atoms in total. The van der Waals surface area contributed by atoms with Crippen LogP contribution in [0.1, 0.15) is 0 Å². The summed E-state index contributed by atoms with van der Waals surface area (Å²) in [4.78, 5) is 28.0. The van der Waals surface area contributed by atoms with Crippen LogP contribution in [-0.4, -0.2) is 14.4 Å². The zero-order valence-electron chi connectivity index (χ0n) is 7.65. The van der Waals surface area contributed by atoms with Crippen LogP contribution in [0.5, 0.6) is 0 Å². The molecular weight excluding hydrogens is 194 g/mol. The first kappa shape index (κ1) is 8.05. The molecule has 0 fully saturated rings. The summed E-state index contributed by atoms with van der Waals surface area (Å²) in [5.74, 6) is 0. The van der Waals surface area contributed by atoms with Crippen molar-refractivity contribution >= 4 is 16.4 Å². The molecule has 0 atom stereocenters. The van der Waals surface area contributed by atoms with E-state index in [-0.39, 0.29) is 0 Å². The van der Waals surface area contributed by atoms with Crippen LogP contribution in [0.25, 0.3) is 16.4 Å². The van der Waals surface area contributed by atoms with Gasteiger partial charge in [-0.3, -0.25) is 0 Å². The Kier molecular flexibility index (Phi) is 1.39. The van der Waals surface area contributed by atoms with Gasteiger partial charge in [-0.1, -0.05) is 18.2 Å². The van der Waals surface area contributed by atoms with E-state index in [0.717, 1.165) is 15.3 Å². The molecule has 0 bridgehead atoms. The second kappa shape index (κ2) is 2.60. The van der Waals surface area contributed by atoms with Crippen LogP contribution in [0.4, 0.5) is 0 Å². The summed E-state index contributed by atoms with van der Waals surface area (Å²) in [6.07, 6.45) is 1.54. The Morgan fingerprint density at radius 1 is 1.07 bits per heavy atom. The van der Waals surface area contributed by atoms with Gasteiger partial charge in [0.05, 0.1) is 11.0 Å². The number of aromatic nitrogens is 3. The standard InChI is InChI=1S/C10H7N3O2/c14-9-11-5-8-6-3-1-2-4-7(6)12-10(15)13(8)9/h1-5H,(H,11,14)(H,12,15). The minimum Gasteiger partial charge on any atom is -0.312 e. The highest BCUT2D eigenvalue weighted by Crippen LogP contribution is 2.13. The van der Waals surface area contributed by atoms with Gasteiger partial charge in [-0.25, -0.2) is 14.0 Å². The van der Waals surface area contributed by atoms with E-state index in [1.165, 1.54) is 0 Å². The summed E-state index contributed by atoms with van der Waals surface area (Å²) >= 11 is 0. The molecule has 5 heteroatoms. The van der Waals surface area contributed by atoms with Crippen molar-refractivity contribution in [2.24, 2.45) is 0 Å². The van der Waals surface area contributed by atoms with E-state index in [4.69, 9.17) is 0 Å². The van der Waals surface area contributed by atoms with Gasteiger partial charge in [-0.05, 0) is 6.07 Å². The molecule has 2 aromatic heterocycles. The number of nitrogens with one attached hydrogen (secondary N) is 2. The van der Waals surface area contributed by atoms with Crippen LogP contribution >= 0.6 is 0 Å². The maximum absolute atomic E-state index is 11.6. The number of H-pyrrole nitrogens is 2. The lowest BCUT2D eigenvalue weighted by Crippen LogP contribution is -2.25. The van der Waals surface area contributed by atoms with Crippen LogP contribution in [0, 0.1) is 0 Å². The Hall–Kier alpha value is -2.30. The first-order valence-corrected chi connectivity index (χ1v) is 4.48. The Labute approximate surface area is 83.0 Å². The van der Waals surface area contributed by atoms with Gasteiger partial charge in [0.2, 0.25) is 0 Å². The van der Waals surface area contributed by atoms with E-state index < -0.39 is 11.4 Å². The molecule has 3 aromatic rings. The fourth-order valence-electron chi connectivity index (χ4n) is 1.76. The van der Waals surface area contributed by atoms with Gasteiger partial charge in [-0.15, -0.1) is 0 Å². The molecule has 0 spiro atoms. The summed E-state index contributed by atoms with van der Waals surface area (Å²) in [6, 6.07) is 7.35. The molecule has 15 heavy (non-hydrogen) atoms. The highest BCUT2D eigenvalue weighted by molar-refractivity contribution is 5.92. The van der Waals surface area contributed by atoms with E-state index in [1.54, 1.807) is 12.3 Å². The molecule has 74 valence electrons. The minimum absolute atomic E-state index is 0.419. The van der Waals surface area contributed by atoms with Crippen molar-refractivity contribution in [3.05, 3.63) is 51.4 Å². The quantitative estimate of drug-likeness (QED) is 0.555. The number of imidazole rings is 1. The molecule has 0 aliphatic heterocycles. The summed E-state index contributed by atoms with van der Waals surface area (Å²) < 4.78 is 1.09. The van der Waals surface area contributed by atoms with Crippen molar-refractivity contribution < 1.29 is 0 Å². The summed E-state index contributed by atoms with van der Waals surface area (Å²) in [7, 11) is 0. The molecular formula is C10H7N3O2. The van der Waals surface area contributed by atoms with Gasteiger partial charge in [-0.2, -0.15) is 0 Å². The second-order valence-electron chi connectivity index (χ2n) is 3.29. The van der Waals surface area contributed by atoms with Crippen molar-refractivity contribution in [1.82, 2.24) is 14.4 Å². The molecule has 0 amide bonds. The highest BCUT2D eigenvalue weighted by Gasteiger charge is 2.06. The molecule has 2 heterocycles. The lowest BCUT2D eigenvalue weighted by atomic mass is 10.2. The molecule has 1 aromatic carbocycles. The molecule has 2 N–H and O–H groups in total. The summed E-state index contributed by atoms with van der Waals surface area (Å²) in [5, 5.41) is 0.843. The van der Waals surface area contributed by atoms with Gasteiger partial charge in [0, 0.05) is 11.6 Å². The van der Waals surface area contributed by atoms with Crippen LogP contribution in [0.3, 0.4) is 0 Å². The predicted molar refractivity (Wildman–Crippen MR) is 56.1 cm³/mol. The monoisotopic (exact) mass is 201 g/mol. The Morgan fingerprint density at radius 2 is 1.87 bits per heavy atom. The van der Waals surface area contributed by atoms with Crippen molar-refractivity contribution in [2.75, 3.05) is 0 Å².